The van der Waals surface area contributed by atoms with Crippen molar-refractivity contribution in [3.63, 3.8) is 0 Å². The fourth-order valence-corrected chi connectivity index (χ4v) is 3.84. The monoisotopic (exact) mass is 276 g/mol. The van der Waals surface area contributed by atoms with Crippen molar-refractivity contribution in [3.05, 3.63) is 59.2 Å². The second-order valence-corrected chi connectivity index (χ2v) is 6.55. The summed E-state index contributed by atoms with van der Waals surface area (Å²) in [6, 6.07) is 15.1. The molecular weight excluding hydrogens is 256 g/mol. The van der Waals surface area contributed by atoms with Crippen LogP contribution in [0.3, 0.4) is 0 Å². The van der Waals surface area contributed by atoms with Gasteiger partial charge in [0, 0.05) is 17.4 Å². The molecule has 2 aliphatic rings. The van der Waals surface area contributed by atoms with Crippen LogP contribution in [0.15, 0.2) is 48.0 Å². The number of hydrogen-bond acceptors (Lipinski definition) is 1. The first-order valence-corrected chi connectivity index (χ1v) is 7.67. The lowest BCUT2D eigenvalue weighted by atomic mass is 9.78. The minimum absolute atomic E-state index is 0.0829. The summed E-state index contributed by atoms with van der Waals surface area (Å²) in [4.78, 5) is 0. The second-order valence-electron chi connectivity index (χ2n) is 6.55. The van der Waals surface area contributed by atoms with Gasteiger partial charge in [-0.25, -0.2) is 0 Å². The van der Waals surface area contributed by atoms with Gasteiger partial charge < -0.3 is 4.74 Å². The van der Waals surface area contributed by atoms with Crippen molar-refractivity contribution < 1.29 is 4.74 Å². The molecule has 0 amide bonds. The molecular formula is C20H20O. The highest BCUT2D eigenvalue weighted by atomic mass is 16.5. The fraction of sp³-hybridized carbons (Fsp3) is 0.300. The van der Waals surface area contributed by atoms with Crippen LogP contribution in [0.4, 0.5) is 0 Å². The van der Waals surface area contributed by atoms with Gasteiger partial charge in [0.2, 0.25) is 0 Å². The smallest absolute Gasteiger partial charge is 0.127 e. The van der Waals surface area contributed by atoms with Crippen LogP contribution in [0.2, 0.25) is 0 Å². The highest BCUT2D eigenvalue weighted by Crippen LogP contribution is 2.55. The Labute approximate surface area is 126 Å². The van der Waals surface area contributed by atoms with E-state index in [2.05, 4.69) is 63.2 Å². The summed E-state index contributed by atoms with van der Waals surface area (Å²) < 4.78 is 5.91. The molecule has 2 aromatic rings. The van der Waals surface area contributed by atoms with Gasteiger partial charge in [-0.15, -0.1) is 0 Å². The first kappa shape index (κ1) is 12.7. The van der Waals surface area contributed by atoms with Gasteiger partial charge in [-0.05, 0) is 35.3 Å². The van der Waals surface area contributed by atoms with Crippen LogP contribution in [0.1, 0.15) is 38.3 Å². The van der Waals surface area contributed by atoms with Crippen LogP contribution < -0.4 is 4.74 Å². The molecule has 1 aliphatic carbocycles. The minimum Gasteiger partial charge on any atom is -0.493 e. The molecule has 0 N–H and O–H groups in total. The predicted octanol–water partition coefficient (Wildman–Crippen LogP) is 5.20. The first-order valence-electron chi connectivity index (χ1n) is 7.67. The third kappa shape index (κ3) is 1.64. The zero-order chi connectivity index (χ0) is 14.6. The molecule has 4 rings (SSSR count). The molecule has 2 aromatic carbocycles. The number of benzene rings is 2. The maximum atomic E-state index is 5.91. The maximum Gasteiger partial charge on any atom is 0.127 e. The minimum atomic E-state index is 0.0829. The molecule has 1 nitrogen and oxygen atoms in total. The van der Waals surface area contributed by atoms with Gasteiger partial charge in [-0.1, -0.05) is 55.8 Å². The van der Waals surface area contributed by atoms with E-state index in [1.807, 2.05) is 0 Å². The lowest BCUT2D eigenvalue weighted by Gasteiger charge is -2.26. The van der Waals surface area contributed by atoms with Crippen LogP contribution in [-0.4, -0.2) is 6.61 Å². The average molecular weight is 276 g/mol. The lowest BCUT2D eigenvalue weighted by molar-refractivity contribution is 0.316. The quantitative estimate of drug-likeness (QED) is 0.695. The Morgan fingerprint density at radius 3 is 2.52 bits per heavy atom. The van der Waals surface area contributed by atoms with Crippen molar-refractivity contribution in [1.82, 2.24) is 0 Å². The number of rotatable bonds is 1. The van der Waals surface area contributed by atoms with E-state index in [1.165, 1.54) is 33.4 Å². The molecule has 0 unspecified atom stereocenters. The summed E-state index contributed by atoms with van der Waals surface area (Å²) in [5, 5.41) is 0. The molecule has 1 heterocycles. The Hall–Kier alpha value is -2.02. The summed E-state index contributed by atoms with van der Waals surface area (Å²) in [7, 11) is 0. The van der Waals surface area contributed by atoms with Gasteiger partial charge in [-0.2, -0.15) is 0 Å². The van der Waals surface area contributed by atoms with E-state index in [-0.39, 0.29) is 5.41 Å². The maximum absolute atomic E-state index is 5.91. The van der Waals surface area contributed by atoms with E-state index in [1.54, 1.807) is 0 Å². The number of ether oxygens (including phenoxy) is 1. The van der Waals surface area contributed by atoms with Gasteiger partial charge in [0.05, 0.1) is 6.61 Å². The van der Waals surface area contributed by atoms with Crippen molar-refractivity contribution in [3.8, 4) is 16.9 Å². The predicted molar refractivity (Wildman–Crippen MR) is 87.6 cm³/mol. The van der Waals surface area contributed by atoms with Crippen LogP contribution in [-0.2, 0) is 5.41 Å². The molecule has 1 heteroatoms. The Bertz CT molecular complexity index is 751. The standard InChI is InChI=1S/C20H20O/c1-13-15-11-12-21-17-10-9-16(14-7-5-4-6-8-14)19(18(15)17)20(13,2)3/h4-10H,11-12H2,1-3H3. The first-order chi connectivity index (χ1) is 10.1. The van der Waals surface area contributed by atoms with Crippen molar-refractivity contribution in [2.24, 2.45) is 0 Å². The number of hydrogen-bond donors (Lipinski definition) is 0. The highest BCUT2D eigenvalue weighted by Gasteiger charge is 2.40. The van der Waals surface area contributed by atoms with Crippen LogP contribution in [0.5, 0.6) is 5.75 Å². The van der Waals surface area contributed by atoms with Gasteiger partial charge >= 0.3 is 0 Å². The Kier molecular flexibility index (Phi) is 2.56. The SMILES string of the molecule is CC1=C2CCOc3ccc(-c4ccccc4)c(c32)C1(C)C. The zero-order valence-corrected chi connectivity index (χ0v) is 12.9. The van der Waals surface area contributed by atoms with E-state index < -0.39 is 0 Å². The Morgan fingerprint density at radius 1 is 1.00 bits per heavy atom. The van der Waals surface area contributed by atoms with Crippen molar-refractivity contribution >= 4 is 5.57 Å². The molecule has 0 fully saturated rings. The summed E-state index contributed by atoms with van der Waals surface area (Å²) in [6.07, 6.45) is 1.04. The van der Waals surface area contributed by atoms with Crippen LogP contribution in [0, 0.1) is 0 Å². The van der Waals surface area contributed by atoms with Gasteiger partial charge in [-0.3, -0.25) is 0 Å². The summed E-state index contributed by atoms with van der Waals surface area (Å²) in [6.45, 7) is 7.78. The molecule has 0 bridgehead atoms. The highest BCUT2D eigenvalue weighted by molar-refractivity contribution is 5.90. The van der Waals surface area contributed by atoms with E-state index in [0.29, 0.717) is 0 Å². The van der Waals surface area contributed by atoms with E-state index in [4.69, 9.17) is 4.74 Å². The molecule has 0 spiro atoms. The molecule has 0 aromatic heterocycles. The topological polar surface area (TPSA) is 9.23 Å². The van der Waals surface area contributed by atoms with Crippen LogP contribution >= 0.6 is 0 Å². The largest absolute Gasteiger partial charge is 0.493 e. The summed E-state index contributed by atoms with van der Waals surface area (Å²) in [5.74, 6) is 1.07. The average Bonchev–Trinajstić information content (AvgIpc) is 2.72. The lowest BCUT2D eigenvalue weighted by Crippen LogP contribution is -2.17. The molecule has 21 heavy (non-hydrogen) atoms. The van der Waals surface area contributed by atoms with Crippen LogP contribution in [0.25, 0.3) is 16.7 Å². The zero-order valence-electron chi connectivity index (χ0n) is 12.9. The van der Waals surface area contributed by atoms with Crippen molar-refractivity contribution in [2.75, 3.05) is 6.61 Å². The molecule has 106 valence electrons. The Balaban J connectivity index is 2.06. The van der Waals surface area contributed by atoms with E-state index in [9.17, 15) is 0 Å². The van der Waals surface area contributed by atoms with Gasteiger partial charge in [0.15, 0.2) is 0 Å². The Morgan fingerprint density at radius 2 is 1.76 bits per heavy atom. The van der Waals surface area contributed by atoms with E-state index >= 15 is 0 Å². The molecule has 0 saturated carbocycles. The van der Waals surface area contributed by atoms with Gasteiger partial charge in [0.25, 0.3) is 0 Å². The second kappa shape index (κ2) is 4.24. The normalized spacial score (nSPS) is 18.4. The summed E-state index contributed by atoms with van der Waals surface area (Å²) >= 11 is 0. The molecule has 1 aliphatic heterocycles. The molecule has 0 saturated heterocycles. The van der Waals surface area contributed by atoms with Crippen molar-refractivity contribution in [2.45, 2.75) is 32.6 Å². The van der Waals surface area contributed by atoms with Gasteiger partial charge in [0.1, 0.15) is 5.75 Å². The summed E-state index contributed by atoms with van der Waals surface area (Å²) in [5.41, 5.74) is 8.55. The molecule has 0 atom stereocenters. The molecule has 0 radical (unpaired) electrons. The van der Waals surface area contributed by atoms with Crippen molar-refractivity contribution in [1.29, 1.82) is 0 Å². The third-order valence-electron chi connectivity index (χ3n) is 5.18. The fourth-order valence-electron chi connectivity index (χ4n) is 3.84. The number of allylic oxidation sites excluding steroid dienone is 1. The third-order valence-corrected chi connectivity index (χ3v) is 5.18. The van der Waals surface area contributed by atoms with E-state index in [0.717, 1.165) is 18.8 Å².